The average molecular weight is 111 g/mol. The molecule has 0 saturated heterocycles. The van der Waals surface area contributed by atoms with E-state index < -0.39 is 0 Å². The lowest BCUT2D eigenvalue weighted by Crippen LogP contribution is -1.94. The third-order valence-electron chi connectivity index (χ3n) is 1.10. The van der Waals surface area contributed by atoms with Crippen molar-refractivity contribution in [2.24, 2.45) is 4.99 Å². The van der Waals surface area contributed by atoms with Gasteiger partial charge in [0.1, 0.15) is 0 Å². The molecule has 0 atom stereocenters. The quantitative estimate of drug-likeness (QED) is 0.483. The minimum absolute atomic E-state index is 0.992. The van der Waals surface area contributed by atoms with Gasteiger partial charge >= 0.3 is 0 Å². The van der Waals surface area contributed by atoms with E-state index in [1.807, 2.05) is 6.92 Å². The summed E-state index contributed by atoms with van der Waals surface area (Å²) in [4.78, 5) is 4.02. The van der Waals surface area contributed by atoms with Gasteiger partial charge in [0.05, 0.1) is 0 Å². The van der Waals surface area contributed by atoms with Crippen LogP contribution in [0.1, 0.15) is 20.3 Å². The van der Waals surface area contributed by atoms with Crippen LogP contribution in [0.4, 0.5) is 0 Å². The molecule has 0 amide bonds. The Morgan fingerprint density at radius 2 is 2.12 bits per heavy atom. The lowest BCUT2D eigenvalue weighted by molar-refractivity contribution is 1.23. The first-order valence-electron chi connectivity index (χ1n) is 2.84. The van der Waals surface area contributed by atoms with Crippen molar-refractivity contribution in [2.45, 2.75) is 20.3 Å². The highest BCUT2D eigenvalue weighted by molar-refractivity contribution is 5.98. The fraction of sp³-hybridized carbons (Fsp3) is 0.571. The zero-order valence-electron chi connectivity index (χ0n) is 5.86. The van der Waals surface area contributed by atoms with Gasteiger partial charge < -0.3 is 0 Å². The van der Waals surface area contributed by atoms with Crippen LogP contribution in [0, 0.1) is 0 Å². The molecular formula is C7H13N. The first-order valence-corrected chi connectivity index (χ1v) is 2.84. The second-order valence-corrected chi connectivity index (χ2v) is 1.80. The van der Waals surface area contributed by atoms with Crippen LogP contribution in [0.5, 0.6) is 0 Å². The molecule has 0 radical (unpaired) electrons. The van der Waals surface area contributed by atoms with Crippen molar-refractivity contribution in [2.75, 3.05) is 7.05 Å². The van der Waals surface area contributed by atoms with Crippen LogP contribution >= 0.6 is 0 Å². The first-order chi connectivity index (χ1) is 3.72. The third-order valence-corrected chi connectivity index (χ3v) is 1.10. The standard InChI is InChI=1S/C7H13N/c1-5-7(8-4)6(2)3/h2,5H2,1,3-4H3. The van der Waals surface area contributed by atoms with Crippen molar-refractivity contribution in [3.05, 3.63) is 12.2 Å². The van der Waals surface area contributed by atoms with E-state index in [4.69, 9.17) is 0 Å². The van der Waals surface area contributed by atoms with Gasteiger partial charge in [0.2, 0.25) is 0 Å². The van der Waals surface area contributed by atoms with Gasteiger partial charge in [-0.2, -0.15) is 0 Å². The Hall–Kier alpha value is -0.590. The molecule has 0 spiro atoms. The summed E-state index contributed by atoms with van der Waals surface area (Å²) in [5, 5.41) is 0. The predicted molar refractivity (Wildman–Crippen MR) is 38.5 cm³/mol. The molecule has 0 unspecified atom stereocenters. The molecule has 0 saturated carbocycles. The van der Waals surface area contributed by atoms with Gasteiger partial charge in [-0.1, -0.05) is 13.5 Å². The van der Waals surface area contributed by atoms with Crippen molar-refractivity contribution in [3.8, 4) is 0 Å². The molecule has 0 aliphatic heterocycles. The summed E-state index contributed by atoms with van der Waals surface area (Å²) in [5.74, 6) is 0. The Balaban J connectivity index is 3.92. The minimum atomic E-state index is 0.992. The van der Waals surface area contributed by atoms with E-state index in [9.17, 15) is 0 Å². The molecule has 46 valence electrons. The average Bonchev–Trinajstić information content (AvgIpc) is 1.69. The van der Waals surface area contributed by atoms with Crippen LogP contribution in [0.25, 0.3) is 0 Å². The fourth-order valence-corrected chi connectivity index (χ4v) is 0.651. The number of hydrogen-bond donors (Lipinski definition) is 0. The Labute approximate surface area is 51.1 Å². The van der Waals surface area contributed by atoms with Crippen LogP contribution in [0.3, 0.4) is 0 Å². The summed E-state index contributed by atoms with van der Waals surface area (Å²) in [6, 6.07) is 0. The van der Waals surface area contributed by atoms with E-state index in [0.29, 0.717) is 0 Å². The highest BCUT2D eigenvalue weighted by atomic mass is 14.7. The summed E-state index contributed by atoms with van der Waals surface area (Å²) in [6.45, 7) is 7.82. The second-order valence-electron chi connectivity index (χ2n) is 1.80. The molecule has 0 N–H and O–H groups in total. The Bertz CT molecular complexity index is 112. The van der Waals surface area contributed by atoms with Crippen molar-refractivity contribution >= 4 is 5.71 Å². The van der Waals surface area contributed by atoms with E-state index in [1.54, 1.807) is 7.05 Å². The lowest BCUT2D eigenvalue weighted by Gasteiger charge is -1.96. The van der Waals surface area contributed by atoms with Crippen LogP contribution in [-0.2, 0) is 0 Å². The van der Waals surface area contributed by atoms with E-state index in [-0.39, 0.29) is 0 Å². The predicted octanol–water partition coefficient (Wildman–Crippen LogP) is 2.04. The normalized spacial score (nSPS) is 11.6. The summed E-state index contributed by atoms with van der Waals surface area (Å²) in [7, 11) is 1.80. The van der Waals surface area contributed by atoms with Gasteiger partial charge in [0.15, 0.2) is 0 Å². The molecule has 0 fully saturated rings. The van der Waals surface area contributed by atoms with E-state index >= 15 is 0 Å². The molecule has 8 heavy (non-hydrogen) atoms. The smallest absolute Gasteiger partial charge is 0.0365 e. The first kappa shape index (κ1) is 7.41. The maximum absolute atomic E-state index is 4.02. The molecule has 0 rings (SSSR count). The molecule has 0 aromatic heterocycles. The van der Waals surface area contributed by atoms with Crippen LogP contribution < -0.4 is 0 Å². The topological polar surface area (TPSA) is 12.4 Å². The maximum atomic E-state index is 4.02. The molecule has 1 heteroatoms. The van der Waals surface area contributed by atoms with Crippen LogP contribution in [0.15, 0.2) is 17.1 Å². The monoisotopic (exact) mass is 111 g/mol. The maximum Gasteiger partial charge on any atom is 0.0365 e. The van der Waals surface area contributed by atoms with E-state index in [1.165, 1.54) is 0 Å². The molecule has 1 nitrogen and oxygen atoms in total. The lowest BCUT2D eigenvalue weighted by atomic mass is 10.2. The second kappa shape index (κ2) is 3.42. The van der Waals surface area contributed by atoms with Gasteiger partial charge in [0.25, 0.3) is 0 Å². The SMILES string of the molecule is C=C(C)C(CC)=NC. The molecule has 0 aromatic carbocycles. The van der Waals surface area contributed by atoms with Crippen molar-refractivity contribution in [1.29, 1.82) is 0 Å². The molecule has 0 aliphatic carbocycles. The number of allylic oxidation sites excluding steroid dienone is 1. The van der Waals surface area contributed by atoms with Gasteiger partial charge in [-0.15, -0.1) is 0 Å². The van der Waals surface area contributed by atoms with E-state index in [2.05, 4.69) is 18.5 Å². The number of hydrogen-bond acceptors (Lipinski definition) is 1. The van der Waals surface area contributed by atoms with Crippen LogP contribution in [-0.4, -0.2) is 12.8 Å². The molecule has 0 aliphatic rings. The summed E-state index contributed by atoms with van der Waals surface area (Å²) in [6.07, 6.45) is 0.992. The Morgan fingerprint density at radius 3 is 2.12 bits per heavy atom. The molecule has 0 bridgehead atoms. The minimum Gasteiger partial charge on any atom is -0.293 e. The zero-order valence-corrected chi connectivity index (χ0v) is 5.86. The highest BCUT2D eigenvalue weighted by Crippen LogP contribution is 1.95. The summed E-state index contributed by atoms with van der Waals surface area (Å²) < 4.78 is 0. The van der Waals surface area contributed by atoms with Gasteiger partial charge in [-0.25, -0.2) is 0 Å². The number of nitrogens with zero attached hydrogens (tertiary/aromatic N) is 1. The van der Waals surface area contributed by atoms with Gasteiger partial charge in [-0.3, -0.25) is 4.99 Å². The van der Waals surface area contributed by atoms with E-state index in [0.717, 1.165) is 17.7 Å². The molecule has 0 heterocycles. The Morgan fingerprint density at radius 1 is 1.62 bits per heavy atom. The van der Waals surface area contributed by atoms with Crippen molar-refractivity contribution in [1.82, 2.24) is 0 Å². The molecule has 0 aromatic rings. The van der Waals surface area contributed by atoms with Crippen molar-refractivity contribution in [3.63, 3.8) is 0 Å². The summed E-state index contributed by atoms with van der Waals surface area (Å²) in [5.41, 5.74) is 2.19. The van der Waals surface area contributed by atoms with Gasteiger partial charge in [0, 0.05) is 12.8 Å². The van der Waals surface area contributed by atoms with Crippen molar-refractivity contribution < 1.29 is 0 Å². The third kappa shape index (κ3) is 1.92. The zero-order chi connectivity index (χ0) is 6.57. The highest BCUT2D eigenvalue weighted by Gasteiger charge is 1.91. The number of aliphatic imine (C=N–C) groups is 1. The fourth-order valence-electron chi connectivity index (χ4n) is 0.651. The van der Waals surface area contributed by atoms with Crippen LogP contribution in [0.2, 0.25) is 0 Å². The van der Waals surface area contributed by atoms with Gasteiger partial charge in [-0.05, 0) is 18.9 Å². The summed E-state index contributed by atoms with van der Waals surface area (Å²) >= 11 is 0. The number of rotatable bonds is 2. The Kier molecular flexibility index (Phi) is 3.16. The largest absolute Gasteiger partial charge is 0.293 e. The molecular weight excluding hydrogens is 98.1 g/mol.